The van der Waals surface area contributed by atoms with Gasteiger partial charge in [-0.1, -0.05) is 18.2 Å². The summed E-state index contributed by atoms with van der Waals surface area (Å²) >= 11 is 0. The second-order valence-electron chi connectivity index (χ2n) is 3.88. The number of urea groups is 1. The maximum absolute atomic E-state index is 11.3. The predicted octanol–water partition coefficient (Wildman–Crippen LogP) is 1.31. The van der Waals surface area contributed by atoms with Gasteiger partial charge in [-0.25, -0.2) is 4.79 Å². The van der Waals surface area contributed by atoms with E-state index in [4.69, 9.17) is 9.47 Å². The molecule has 1 aliphatic heterocycles. The Bertz CT molecular complexity index is 434. The van der Waals surface area contributed by atoms with Crippen LogP contribution in [-0.4, -0.2) is 31.8 Å². The van der Waals surface area contributed by atoms with E-state index in [0.717, 1.165) is 5.75 Å². The van der Waals surface area contributed by atoms with Crippen molar-refractivity contribution < 1.29 is 14.3 Å². The minimum Gasteiger partial charge on any atom is -0.486 e. The first-order chi connectivity index (χ1) is 8.79. The van der Waals surface area contributed by atoms with Crippen LogP contribution >= 0.6 is 0 Å². The molecule has 18 heavy (non-hydrogen) atoms. The van der Waals surface area contributed by atoms with Crippen molar-refractivity contribution in [1.29, 1.82) is 0 Å². The molecular formula is C13H16N2O3. The lowest BCUT2D eigenvalue weighted by atomic mass is 10.2. The summed E-state index contributed by atoms with van der Waals surface area (Å²) in [6.07, 6.45) is 1.45. The highest BCUT2D eigenvalue weighted by atomic mass is 16.6. The van der Waals surface area contributed by atoms with Crippen LogP contribution in [0.15, 0.2) is 36.9 Å². The number of carbonyl (C=O) groups is 1. The zero-order chi connectivity index (χ0) is 12.8. The second kappa shape index (κ2) is 5.95. The Balaban J connectivity index is 1.79. The van der Waals surface area contributed by atoms with Crippen LogP contribution in [0.5, 0.6) is 11.5 Å². The van der Waals surface area contributed by atoms with Crippen molar-refractivity contribution in [2.45, 2.75) is 6.10 Å². The number of rotatable bonds is 4. The Kier molecular flexibility index (Phi) is 4.06. The largest absolute Gasteiger partial charge is 0.486 e. The first kappa shape index (κ1) is 12.3. The van der Waals surface area contributed by atoms with Gasteiger partial charge < -0.3 is 20.1 Å². The van der Waals surface area contributed by atoms with Crippen molar-refractivity contribution in [2.24, 2.45) is 0 Å². The van der Waals surface area contributed by atoms with E-state index >= 15 is 0 Å². The molecule has 5 heteroatoms. The van der Waals surface area contributed by atoms with Gasteiger partial charge in [0.15, 0.2) is 17.6 Å². The highest BCUT2D eigenvalue weighted by Gasteiger charge is 2.20. The van der Waals surface area contributed by atoms with Gasteiger partial charge in [-0.3, -0.25) is 0 Å². The summed E-state index contributed by atoms with van der Waals surface area (Å²) in [5.41, 5.74) is 0. The molecule has 1 unspecified atom stereocenters. The topological polar surface area (TPSA) is 59.6 Å². The van der Waals surface area contributed by atoms with E-state index in [1.54, 1.807) is 6.08 Å². The quantitative estimate of drug-likeness (QED) is 0.790. The lowest BCUT2D eigenvalue weighted by molar-refractivity contribution is 0.0918. The van der Waals surface area contributed by atoms with E-state index < -0.39 is 0 Å². The number of amides is 2. The summed E-state index contributed by atoms with van der Waals surface area (Å²) in [6, 6.07) is 7.24. The number of ether oxygens (including phenoxy) is 2. The molecule has 0 aliphatic carbocycles. The molecule has 1 aliphatic rings. The van der Waals surface area contributed by atoms with Crippen LogP contribution in [0.1, 0.15) is 0 Å². The van der Waals surface area contributed by atoms with Crippen molar-refractivity contribution in [3.63, 3.8) is 0 Å². The average Bonchev–Trinajstić information content (AvgIpc) is 2.42. The van der Waals surface area contributed by atoms with Gasteiger partial charge in [0.1, 0.15) is 6.61 Å². The van der Waals surface area contributed by atoms with Crippen LogP contribution in [-0.2, 0) is 0 Å². The zero-order valence-corrected chi connectivity index (χ0v) is 10.0. The SMILES string of the molecule is C=CCNC(=O)NCC1COc2ccccc2O1. The third-order valence-corrected chi connectivity index (χ3v) is 2.46. The van der Waals surface area contributed by atoms with Crippen LogP contribution in [0.4, 0.5) is 4.79 Å². The Morgan fingerprint density at radius 3 is 2.94 bits per heavy atom. The summed E-state index contributed by atoms with van der Waals surface area (Å²) in [7, 11) is 0. The monoisotopic (exact) mass is 248 g/mol. The van der Waals surface area contributed by atoms with Gasteiger partial charge in [0, 0.05) is 6.54 Å². The number of hydrogen-bond acceptors (Lipinski definition) is 3. The maximum atomic E-state index is 11.3. The Labute approximate surface area is 106 Å². The van der Waals surface area contributed by atoms with Gasteiger partial charge in [-0.2, -0.15) is 0 Å². The number of hydrogen-bond donors (Lipinski definition) is 2. The molecule has 0 spiro atoms. The molecule has 1 heterocycles. The van der Waals surface area contributed by atoms with E-state index in [-0.39, 0.29) is 12.1 Å². The molecule has 0 bridgehead atoms. The lowest BCUT2D eigenvalue weighted by Gasteiger charge is -2.26. The van der Waals surface area contributed by atoms with Gasteiger partial charge >= 0.3 is 6.03 Å². The van der Waals surface area contributed by atoms with E-state index in [1.807, 2.05) is 24.3 Å². The Morgan fingerprint density at radius 2 is 2.17 bits per heavy atom. The fraction of sp³-hybridized carbons (Fsp3) is 0.308. The summed E-state index contributed by atoms with van der Waals surface area (Å²) in [5, 5.41) is 5.34. The maximum Gasteiger partial charge on any atom is 0.315 e. The molecule has 2 rings (SSSR count). The van der Waals surface area contributed by atoms with E-state index in [2.05, 4.69) is 17.2 Å². The standard InChI is InChI=1S/C13H16N2O3/c1-2-7-14-13(16)15-8-10-9-17-11-5-3-4-6-12(11)18-10/h2-6,10H,1,7-9H2,(H2,14,15,16). The highest BCUT2D eigenvalue weighted by Crippen LogP contribution is 2.30. The molecule has 0 aromatic heterocycles. The minimum absolute atomic E-state index is 0.172. The number of fused-ring (bicyclic) bond motifs is 1. The van der Waals surface area contributed by atoms with Crippen molar-refractivity contribution in [2.75, 3.05) is 19.7 Å². The molecule has 96 valence electrons. The van der Waals surface area contributed by atoms with Gasteiger partial charge in [0.05, 0.1) is 6.54 Å². The summed E-state index contributed by atoms with van der Waals surface area (Å²) < 4.78 is 11.2. The first-order valence-electron chi connectivity index (χ1n) is 5.80. The normalized spacial score (nSPS) is 16.8. The second-order valence-corrected chi connectivity index (χ2v) is 3.88. The van der Waals surface area contributed by atoms with Gasteiger partial charge in [-0.05, 0) is 12.1 Å². The van der Waals surface area contributed by atoms with E-state index in [9.17, 15) is 4.79 Å². The molecule has 0 saturated carbocycles. The lowest BCUT2D eigenvalue weighted by Crippen LogP contribution is -2.44. The van der Waals surface area contributed by atoms with Crippen molar-refractivity contribution >= 4 is 6.03 Å². The molecule has 0 fully saturated rings. The number of carbonyl (C=O) groups excluding carboxylic acids is 1. The van der Waals surface area contributed by atoms with Crippen LogP contribution in [0.3, 0.4) is 0 Å². The molecule has 5 nitrogen and oxygen atoms in total. The molecule has 1 aromatic rings. The third kappa shape index (κ3) is 3.16. The van der Waals surface area contributed by atoms with E-state index in [0.29, 0.717) is 25.4 Å². The van der Waals surface area contributed by atoms with Crippen LogP contribution < -0.4 is 20.1 Å². The number of para-hydroxylation sites is 2. The molecule has 1 atom stereocenters. The van der Waals surface area contributed by atoms with Crippen molar-refractivity contribution in [1.82, 2.24) is 10.6 Å². The van der Waals surface area contributed by atoms with Gasteiger partial charge in [0.2, 0.25) is 0 Å². The van der Waals surface area contributed by atoms with Crippen LogP contribution in [0, 0.1) is 0 Å². The molecule has 2 amide bonds. The van der Waals surface area contributed by atoms with Crippen LogP contribution in [0.25, 0.3) is 0 Å². The number of nitrogens with one attached hydrogen (secondary N) is 2. The highest BCUT2D eigenvalue weighted by molar-refractivity contribution is 5.73. The fourth-order valence-electron chi connectivity index (χ4n) is 1.60. The fourth-order valence-corrected chi connectivity index (χ4v) is 1.60. The molecule has 2 N–H and O–H groups in total. The predicted molar refractivity (Wildman–Crippen MR) is 68.0 cm³/mol. The summed E-state index contributed by atoms with van der Waals surface area (Å²) in [4.78, 5) is 11.3. The van der Waals surface area contributed by atoms with Crippen LogP contribution in [0.2, 0.25) is 0 Å². The first-order valence-corrected chi connectivity index (χ1v) is 5.80. The molecule has 0 saturated heterocycles. The molecule has 1 aromatic carbocycles. The average molecular weight is 248 g/mol. The number of benzene rings is 1. The van der Waals surface area contributed by atoms with Crippen molar-refractivity contribution in [3.8, 4) is 11.5 Å². The molecule has 0 radical (unpaired) electrons. The van der Waals surface area contributed by atoms with Gasteiger partial charge in [-0.15, -0.1) is 6.58 Å². The smallest absolute Gasteiger partial charge is 0.315 e. The Morgan fingerprint density at radius 1 is 1.39 bits per heavy atom. The summed E-state index contributed by atoms with van der Waals surface area (Å²) in [6.45, 7) is 4.79. The molecular weight excluding hydrogens is 232 g/mol. The third-order valence-electron chi connectivity index (χ3n) is 2.46. The van der Waals surface area contributed by atoms with Gasteiger partial charge in [0.25, 0.3) is 0 Å². The Hall–Kier alpha value is -2.17. The van der Waals surface area contributed by atoms with Crippen molar-refractivity contribution in [3.05, 3.63) is 36.9 Å². The summed E-state index contributed by atoms with van der Waals surface area (Å²) in [5.74, 6) is 1.45. The van der Waals surface area contributed by atoms with E-state index in [1.165, 1.54) is 0 Å². The minimum atomic E-state index is -0.239. The zero-order valence-electron chi connectivity index (χ0n) is 10.0.